The van der Waals surface area contributed by atoms with Crippen LogP contribution in [-0.2, 0) is 4.79 Å². The molecule has 186 valence electrons. The van der Waals surface area contributed by atoms with Crippen molar-refractivity contribution in [1.82, 2.24) is 4.57 Å². The first kappa shape index (κ1) is 24.5. The monoisotopic (exact) mass is 489 g/mol. The van der Waals surface area contributed by atoms with Crippen LogP contribution in [0.4, 0.5) is 11.4 Å². The first-order chi connectivity index (χ1) is 17.5. The van der Waals surface area contributed by atoms with Crippen LogP contribution in [0.15, 0.2) is 77.7 Å². The number of Topliss-reactive ketones (excluding diaryl/α,β-unsaturated/α-hetero) is 1. The largest absolute Gasteiger partial charge is 0.370 e. The number of rotatable bonds is 3. The van der Waals surface area contributed by atoms with E-state index in [4.69, 9.17) is 6.57 Å². The molecule has 0 radical (unpaired) electrons. The molecule has 1 aliphatic heterocycles. The highest BCUT2D eigenvalue weighted by molar-refractivity contribution is 5.98. The molecule has 5 nitrogen and oxygen atoms in total. The molecular formula is C32H31N3O2. The van der Waals surface area contributed by atoms with Crippen molar-refractivity contribution in [2.24, 2.45) is 10.8 Å². The topological polar surface area (TPSA) is 46.7 Å². The lowest BCUT2D eigenvalue weighted by atomic mass is 9.69. The van der Waals surface area contributed by atoms with Gasteiger partial charge in [0.2, 0.25) is 0 Å². The van der Waals surface area contributed by atoms with Crippen molar-refractivity contribution in [3.63, 3.8) is 0 Å². The molecular weight excluding hydrogens is 458 g/mol. The summed E-state index contributed by atoms with van der Waals surface area (Å²) in [6.07, 6.45) is 1.91. The normalized spacial score (nSPS) is 16.5. The van der Waals surface area contributed by atoms with Crippen molar-refractivity contribution in [2.75, 3.05) is 18.0 Å². The number of fused-ring (bicyclic) bond motifs is 1. The fourth-order valence-electron chi connectivity index (χ4n) is 5.83. The zero-order valence-electron chi connectivity index (χ0n) is 22.0. The van der Waals surface area contributed by atoms with Crippen LogP contribution in [0.25, 0.3) is 32.4 Å². The number of nitrogens with zero attached hydrogens (tertiary/aromatic N) is 3. The van der Waals surface area contributed by atoms with E-state index >= 15 is 0 Å². The molecule has 0 bridgehead atoms. The number of anilines is 1. The standard InChI is InChI=1S/C32H31N3O2/c1-21-18-35(25-16-14-24(15-17-25)34-19-31(2,3)30(37)32(4,5)20-34)29(36)27-9-7-8-26(28(21)27)22-10-12-23(33-6)13-11-22/h7-18H,19-20H2,1-5H3. The second kappa shape index (κ2) is 8.74. The van der Waals surface area contributed by atoms with Gasteiger partial charge < -0.3 is 4.90 Å². The lowest BCUT2D eigenvalue weighted by Crippen LogP contribution is -2.55. The van der Waals surface area contributed by atoms with Crippen molar-refractivity contribution in [3.8, 4) is 16.8 Å². The van der Waals surface area contributed by atoms with Gasteiger partial charge in [-0.05, 0) is 59.3 Å². The van der Waals surface area contributed by atoms with Gasteiger partial charge in [0.05, 0.1) is 6.57 Å². The van der Waals surface area contributed by atoms with Crippen LogP contribution in [0.1, 0.15) is 33.3 Å². The molecule has 3 aromatic carbocycles. The first-order valence-electron chi connectivity index (χ1n) is 12.5. The van der Waals surface area contributed by atoms with Gasteiger partial charge in [0.1, 0.15) is 5.78 Å². The van der Waals surface area contributed by atoms with Gasteiger partial charge in [-0.15, -0.1) is 0 Å². The maximum atomic E-state index is 13.6. The predicted octanol–water partition coefficient (Wildman–Crippen LogP) is 6.96. The molecule has 2 heterocycles. The third-order valence-electron chi connectivity index (χ3n) is 7.43. The summed E-state index contributed by atoms with van der Waals surface area (Å²) in [6, 6.07) is 21.3. The van der Waals surface area contributed by atoms with Crippen LogP contribution in [0.2, 0.25) is 0 Å². The molecule has 4 aromatic rings. The summed E-state index contributed by atoms with van der Waals surface area (Å²) in [5, 5.41) is 1.59. The van der Waals surface area contributed by atoms with E-state index in [1.807, 2.05) is 95.4 Å². The Morgan fingerprint density at radius 3 is 2.00 bits per heavy atom. The Kier molecular flexibility index (Phi) is 5.79. The number of pyridine rings is 1. The van der Waals surface area contributed by atoms with E-state index in [-0.39, 0.29) is 5.56 Å². The third-order valence-corrected chi connectivity index (χ3v) is 7.43. The third kappa shape index (κ3) is 4.23. The SMILES string of the molecule is [C-]#[N+]c1ccc(-c2cccc3c(=O)n(-c4ccc(N5CC(C)(C)C(=O)C(C)(C)C5)cc4)cc(C)c23)cc1. The van der Waals surface area contributed by atoms with E-state index in [2.05, 4.69) is 9.74 Å². The van der Waals surface area contributed by atoms with Crippen molar-refractivity contribution in [1.29, 1.82) is 0 Å². The van der Waals surface area contributed by atoms with E-state index in [1.165, 1.54) is 0 Å². The van der Waals surface area contributed by atoms with Crippen LogP contribution in [-0.4, -0.2) is 23.4 Å². The van der Waals surface area contributed by atoms with E-state index in [1.54, 1.807) is 16.7 Å². The molecule has 0 aliphatic carbocycles. The summed E-state index contributed by atoms with van der Waals surface area (Å²) in [7, 11) is 0. The summed E-state index contributed by atoms with van der Waals surface area (Å²) >= 11 is 0. The molecule has 0 spiro atoms. The minimum atomic E-state index is -0.416. The fraction of sp³-hybridized carbons (Fsp3) is 0.281. The van der Waals surface area contributed by atoms with Gasteiger partial charge in [-0.25, -0.2) is 4.85 Å². The molecule has 37 heavy (non-hydrogen) atoms. The summed E-state index contributed by atoms with van der Waals surface area (Å²) in [5.41, 5.74) is 4.51. The maximum Gasteiger partial charge on any atom is 0.262 e. The first-order valence-corrected chi connectivity index (χ1v) is 12.5. The number of aromatic nitrogens is 1. The number of hydrogen-bond acceptors (Lipinski definition) is 3. The zero-order chi connectivity index (χ0) is 26.5. The van der Waals surface area contributed by atoms with Gasteiger partial charge in [-0.2, -0.15) is 0 Å². The van der Waals surface area contributed by atoms with E-state index in [0.29, 0.717) is 29.9 Å². The predicted molar refractivity (Wildman–Crippen MR) is 151 cm³/mol. The van der Waals surface area contributed by atoms with Crippen LogP contribution >= 0.6 is 0 Å². The Morgan fingerprint density at radius 2 is 1.41 bits per heavy atom. The Labute approximate surface area is 217 Å². The van der Waals surface area contributed by atoms with E-state index in [0.717, 1.165) is 33.5 Å². The second-order valence-corrected chi connectivity index (χ2v) is 11.3. The van der Waals surface area contributed by atoms with Crippen molar-refractivity contribution < 1.29 is 4.79 Å². The molecule has 1 aliphatic rings. The highest BCUT2D eigenvalue weighted by atomic mass is 16.1. The summed E-state index contributed by atoms with van der Waals surface area (Å²) in [6.45, 7) is 18.6. The van der Waals surface area contributed by atoms with Crippen LogP contribution < -0.4 is 10.5 Å². The minimum Gasteiger partial charge on any atom is -0.370 e. The van der Waals surface area contributed by atoms with Crippen molar-refractivity contribution in [2.45, 2.75) is 34.6 Å². The van der Waals surface area contributed by atoms with Gasteiger partial charge in [0.25, 0.3) is 5.56 Å². The molecule has 1 aromatic heterocycles. The minimum absolute atomic E-state index is 0.0705. The molecule has 1 saturated heterocycles. The molecule has 0 atom stereocenters. The zero-order valence-corrected chi connectivity index (χ0v) is 22.0. The average Bonchev–Trinajstić information content (AvgIpc) is 2.89. The molecule has 0 unspecified atom stereocenters. The Morgan fingerprint density at radius 1 is 0.811 bits per heavy atom. The smallest absolute Gasteiger partial charge is 0.262 e. The number of hydrogen-bond donors (Lipinski definition) is 0. The number of carbonyl (C=O) groups is 1. The highest BCUT2D eigenvalue weighted by Crippen LogP contribution is 2.38. The average molecular weight is 490 g/mol. The quantitative estimate of drug-likeness (QED) is 0.292. The summed E-state index contributed by atoms with van der Waals surface area (Å²) < 4.78 is 1.71. The van der Waals surface area contributed by atoms with E-state index in [9.17, 15) is 9.59 Å². The van der Waals surface area contributed by atoms with Crippen LogP contribution in [0, 0.1) is 24.3 Å². The number of carbonyl (C=O) groups excluding carboxylic acids is 1. The molecule has 5 heteroatoms. The van der Waals surface area contributed by atoms with Gasteiger partial charge >= 0.3 is 0 Å². The van der Waals surface area contributed by atoms with Gasteiger partial charge in [0.15, 0.2) is 5.69 Å². The van der Waals surface area contributed by atoms with Crippen LogP contribution in [0.5, 0.6) is 0 Å². The Balaban J connectivity index is 1.53. The van der Waals surface area contributed by atoms with E-state index < -0.39 is 10.8 Å². The van der Waals surface area contributed by atoms with Crippen LogP contribution in [0.3, 0.4) is 0 Å². The van der Waals surface area contributed by atoms with Gasteiger partial charge in [-0.1, -0.05) is 64.1 Å². The molecule has 5 rings (SSSR count). The summed E-state index contributed by atoms with van der Waals surface area (Å²) in [5.74, 6) is 0.299. The number of aryl methyl sites for hydroxylation is 1. The Bertz CT molecular complexity index is 1600. The fourth-order valence-corrected chi connectivity index (χ4v) is 5.83. The molecule has 0 saturated carbocycles. The lowest BCUT2D eigenvalue weighted by Gasteiger charge is -2.46. The molecule has 0 N–H and O–H groups in total. The van der Waals surface area contributed by atoms with Gasteiger partial charge in [-0.3, -0.25) is 14.2 Å². The second-order valence-electron chi connectivity index (χ2n) is 11.3. The van der Waals surface area contributed by atoms with Gasteiger partial charge in [0, 0.05) is 46.9 Å². The maximum absolute atomic E-state index is 13.6. The number of benzene rings is 3. The molecule has 1 fully saturated rings. The van der Waals surface area contributed by atoms with Crippen molar-refractivity contribution in [3.05, 3.63) is 100 Å². The molecule has 0 amide bonds. The highest BCUT2D eigenvalue weighted by Gasteiger charge is 2.45. The summed E-state index contributed by atoms with van der Waals surface area (Å²) in [4.78, 5) is 32.2. The Hall–Kier alpha value is -4.17. The number of ketones is 1. The lowest BCUT2D eigenvalue weighted by molar-refractivity contribution is -0.137. The van der Waals surface area contributed by atoms with Crippen molar-refractivity contribution >= 4 is 27.9 Å². The number of piperidine rings is 1.